The van der Waals surface area contributed by atoms with E-state index in [9.17, 15) is 0 Å². The van der Waals surface area contributed by atoms with E-state index < -0.39 is 0 Å². The van der Waals surface area contributed by atoms with Gasteiger partial charge in [0.25, 0.3) is 0 Å². The fraction of sp³-hybridized carbons (Fsp3) is 0.150. The Morgan fingerprint density at radius 3 is 2.96 bits per heavy atom. The number of ether oxygens (including phenoxy) is 1. The predicted octanol–water partition coefficient (Wildman–Crippen LogP) is 3.48. The summed E-state index contributed by atoms with van der Waals surface area (Å²) in [5.41, 5.74) is 9.72. The third kappa shape index (κ3) is 3.20. The number of hydrogen-bond donors (Lipinski definition) is 3. The quantitative estimate of drug-likeness (QED) is 0.484. The van der Waals surface area contributed by atoms with Crippen molar-refractivity contribution >= 4 is 17.1 Å². The number of fused-ring (bicyclic) bond motifs is 1. The molecule has 1 aromatic heterocycles. The van der Waals surface area contributed by atoms with E-state index in [0.29, 0.717) is 29.2 Å². The molecule has 0 spiro atoms. The summed E-state index contributed by atoms with van der Waals surface area (Å²) in [4.78, 5) is 3.85. The van der Waals surface area contributed by atoms with Crippen molar-refractivity contribution in [3.8, 4) is 11.8 Å². The van der Waals surface area contributed by atoms with Gasteiger partial charge in [0.2, 0.25) is 0 Å². The van der Waals surface area contributed by atoms with Gasteiger partial charge in [-0.15, -0.1) is 0 Å². The second-order valence-corrected chi connectivity index (χ2v) is 6.24. The number of nitriles is 1. The van der Waals surface area contributed by atoms with Crippen LogP contribution in [0.1, 0.15) is 34.9 Å². The molecule has 2 aromatic carbocycles. The topological polar surface area (TPSA) is 121 Å². The minimum absolute atomic E-state index is 0.0393. The van der Waals surface area contributed by atoms with Crippen LogP contribution in [0.2, 0.25) is 0 Å². The molecule has 2 heterocycles. The number of rotatable bonds is 4. The summed E-state index contributed by atoms with van der Waals surface area (Å²) in [6, 6.07) is 13.1. The molecule has 3 aromatic rings. The van der Waals surface area contributed by atoms with Crippen molar-refractivity contribution in [2.75, 3.05) is 17.7 Å². The number of nitrogens with one attached hydrogen (secondary N) is 2. The van der Waals surface area contributed by atoms with Crippen LogP contribution >= 0.6 is 0 Å². The molecule has 1 aliphatic rings. The normalized spacial score (nSPS) is 15.3. The Morgan fingerprint density at radius 2 is 2.19 bits per heavy atom. The van der Waals surface area contributed by atoms with Crippen molar-refractivity contribution in [1.82, 2.24) is 4.98 Å². The number of nitrogen functional groups attached to an aromatic ring is 1. The molecule has 0 unspecified atom stereocenters. The van der Waals surface area contributed by atoms with Gasteiger partial charge in [0.1, 0.15) is 11.5 Å². The van der Waals surface area contributed by atoms with Gasteiger partial charge in [-0.05, 0) is 30.3 Å². The summed E-state index contributed by atoms with van der Waals surface area (Å²) >= 11 is 0. The van der Waals surface area contributed by atoms with E-state index >= 15 is 0 Å². The van der Waals surface area contributed by atoms with Crippen LogP contribution in [0.15, 0.2) is 53.4 Å². The van der Waals surface area contributed by atoms with E-state index in [0.717, 1.165) is 23.4 Å². The van der Waals surface area contributed by atoms with Crippen molar-refractivity contribution in [2.24, 2.45) is 0 Å². The number of nitrogens with zero attached hydrogens (tertiary/aromatic N) is 2. The highest BCUT2D eigenvalue weighted by Crippen LogP contribution is 2.35. The first-order chi connectivity index (χ1) is 13.2. The van der Waals surface area contributed by atoms with Crippen molar-refractivity contribution < 1.29 is 9.15 Å². The number of hydrogen-bond acceptors (Lipinski definition) is 7. The summed E-state index contributed by atoms with van der Waals surface area (Å²) in [5.74, 6) is 1.09. The van der Waals surface area contributed by atoms with Crippen LogP contribution in [0.5, 0.6) is 5.75 Å². The number of benzene rings is 2. The maximum Gasteiger partial charge on any atom is 0.181 e. The largest absolute Gasteiger partial charge is 0.493 e. The van der Waals surface area contributed by atoms with E-state index in [2.05, 4.69) is 16.4 Å². The molecule has 0 aliphatic carbocycles. The molecule has 0 saturated heterocycles. The predicted molar refractivity (Wildman–Crippen MR) is 101 cm³/mol. The molecule has 4 rings (SSSR count). The van der Waals surface area contributed by atoms with Gasteiger partial charge in [0.15, 0.2) is 12.2 Å². The van der Waals surface area contributed by atoms with Gasteiger partial charge in [0, 0.05) is 28.9 Å². The smallest absolute Gasteiger partial charge is 0.181 e. The van der Waals surface area contributed by atoms with Gasteiger partial charge < -0.3 is 20.2 Å². The van der Waals surface area contributed by atoms with E-state index in [1.807, 2.05) is 18.2 Å². The minimum atomic E-state index is 0.0393. The summed E-state index contributed by atoms with van der Waals surface area (Å²) in [6.45, 7) is 0.565. The highest BCUT2D eigenvalue weighted by Gasteiger charge is 2.22. The van der Waals surface area contributed by atoms with Crippen molar-refractivity contribution in [3.63, 3.8) is 0 Å². The van der Waals surface area contributed by atoms with Gasteiger partial charge in [-0.2, -0.15) is 5.26 Å². The van der Waals surface area contributed by atoms with Gasteiger partial charge in [-0.1, -0.05) is 6.07 Å². The van der Waals surface area contributed by atoms with Gasteiger partial charge in [-0.25, -0.2) is 4.98 Å². The summed E-state index contributed by atoms with van der Waals surface area (Å²) in [7, 11) is 0. The number of oxazole rings is 1. The summed E-state index contributed by atoms with van der Waals surface area (Å²) in [6.07, 6.45) is 3.57. The monoisotopic (exact) mass is 359 g/mol. The molecule has 1 atom stereocenters. The van der Waals surface area contributed by atoms with Gasteiger partial charge in [0.05, 0.1) is 30.5 Å². The van der Waals surface area contributed by atoms with Crippen molar-refractivity contribution in [2.45, 2.75) is 12.5 Å². The van der Waals surface area contributed by atoms with E-state index in [-0.39, 0.29) is 11.8 Å². The molecule has 0 radical (unpaired) electrons. The molecule has 0 bridgehead atoms. The lowest BCUT2D eigenvalue weighted by Gasteiger charge is -2.28. The van der Waals surface area contributed by atoms with Crippen LogP contribution < -0.4 is 15.8 Å². The molecule has 7 nitrogen and oxygen atoms in total. The second-order valence-electron chi connectivity index (χ2n) is 6.24. The molecular formula is C20H17N5O2. The molecule has 134 valence electrons. The number of aromatic nitrogens is 1. The fourth-order valence-corrected chi connectivity index (χ4v) is 3.14. The van der Waals surface area contributed by atoms with Crippen LogP contribution in [-0.4, -0.2) is 17.3 Å². The van der Waals surface area contributed by atoms with Crippen LogP contribution in [0.25, 0.3) is 0 Å². The second kappa shape index (κ2) is 6.84. The molecule has 1 aliphatic heterocycles. The third-order valence-electron chi connectivity index (χ3n) is 4.52. The summed E-state index contributed by atoms with van der Waals surface area (Å²) in [5, 5.41) is 20.9. The number of nitrogens with two attached hydrogens (primary N) is 1. The van der Waals surface area contributed by atoms with E-state index in [4.69, 9.17) is 25.6 Å². The Hall–Kier alpha value is -3.79. The average molecular weight is 359 g/mol. The Bertz CT molecular complexity index is 1040. The maximum absolute atomic E-state index is 9.06. The lowest BCUT2D eigenvalue weighted by molar-refractivity contribution is 0.274. The molecule has 0 amide bonds. The fourth-order valence-electron chi connectivity index (χ4n) is 3.14. The molecular weight excluding hydrogens is 342 g/mol. The van der Waals surface area contributed by atoms with Crippen LogP contribution in [0.4, 0.5) is 11.4 Å². The van der Waals surface area contributed by atoms with Crippen LogP contribution in [0.3, 0.4) is 0 Å². The first-order valence-corrected chi connectivity index (χ1v) is 8.46. The lowest BCUT2D eigenvalue weighted by Crippen LogP contribution is -2.20. The molecule has 0 fully saturated rings. The minimum Gasteiger partial charge on any atom is -0.493 e. The first-order valence-electron chi connectivity index (χ1n) is 8.46. The van der Waals surface area contributed by atoms with Crippen LogP contribution in [-0.2, 0) is 0 Å². The zero-order valence-corrected chi connectivity index (χ0v) is 14.4. The standard InChI is InChI=1S/C20H17N5O2/c21-9-12-1-3-14-17(5-6-26-18(14)7-12)25-13-2-4-16(22)15(8-13)20(23)19-10-24-11-27-19/h1-4,7-8,10-11,17,23,25H,5-6,22H2/t17-/m1/s1. The molecule has 0 saturated carbocycles. The molecule has 7 heteroatoms. The highest BCUT2D eigenvalue weighted by atomic mass is 16.5. The molecule has 4 N–H and O–H groups in total. The lowest BCUT2D eigenvalue weighted by atomic mass is 9.98. The number of anilines is 2. The first kappa shape index (κ1) is 16.7. The van der Waals surface area contributed by atoms with Crippen molar-refractivity contribution in [1.29, 1.82) is 10.7 Å². The third-order valence-corrected chi connectivity index (χ3v) is 4.52. The van der Waals surface area contributed by atoms with Crippen LogP contribution in [0, 0.1) is 16.7 Å². The van der Waals surface area contributed by atoms with Gasteiger partial charge in [-0.3, -0.25) is 5.41 Å². The summed E-state index contributed by atoms with van der Waals surface area (Å²) < 4.78 is 10.9. The molecule has 27 heavy (non-hydrogen) atoms. The Balaban J connectivity index is 1.62. The van der Waals surface area contributed by atoms with E-state index in [1.54, 1.807) is 18.2 Å². The van der Waals surface area contributed by atoms with Gasteiger partial charge >= 0.3 is 0 Å². The Kier molecular flexibility index (Phi) is 4.22. The average Bonchev–Trinajstić information content (AvgIpc) is 3.23. The highest BCUT2D eigenvalue weighted by molar-refractivity contribution is 6.12. The SMILES string of the molecule is N#Cc1ccc2c(c1)OCC[C@H]2Nc1ccc(N)c(C(=N)c2cnco2)c1. The zero-order valence-electron chi connectivity index (χ0n) is 14.4. The Morgan fingerprint density at radius 1 is 1.30 bits per heavy atom. The van der Waals surface area contributed by atoms with Crippen molar-refractivity contribution in [3.05, 3.63) is 71.4 Å². The van der Waals surface area contributed by atoms with E-state index in [1.165, 1.54) is 12.6 Å². The zero-order chi connectivity index (χ0) is 18.8. The maximum atomic E-state index is 9.06. The Labute approximate surface area is 155 Å².